The number of anilines is 1. The molecule has 0 aliphatic heterocycles. The van der Waals surface area contributed by atoms with Crippen molar-refractivity contribution in [2.45, 2.75) is 4.21 Å². The lowest BCUT2D eigenvalue weighted by atomic mass is 10.2. The van der Waals surface area contributed by atoms with Gasteiger partial charge >= 0.3 is 0 Å². The van der Waals surface area contributed by atoms with Crippen LogP contribution in [0, 0.1) is 0 Å². The fourth-order valence-electron chi connectivity index (χ4n) is 2.01. The normalized spacial score (nSPS) is 11.8. The van der Waals surface area contributed by atoms with Gasteiger partial charge in [0.1, 0.15) is 4.21 Å². The average molecular weight is 292 g/mol. The number of fused-ring (bicyclic) bond motifs is 1. The van der Waals surface area contributed by atoms with Crippen LogP contribution >= 0.6 is 11.3 Å². The molecule has 1 N–H and O–H groups in total. The van der Waals surface area contributed by atoms with Crippen LogP contribution in [0.1, 0.15) is 0 Å². The molecule has 0 aliphatic rings. The Labute approximate surface area is 115 Å². The molecule has 2 heterocycles. The number of nitrogens with zero attached hydrogens (tertiary/aromatic N) is 1. The van der Waals surface area contributed by atoms with Gasteiger partial charge in [0, 0.05) is 18.6 Å². The molecule has 0 aliphatic carbocycles. The Hall–Kier alpha value is -1.79. The Bertz CT molecular complexity index is 804. The maximum absolute atomic E-state index is 12.5. The van der Waals surface area contributed by atoms with Crippen LogP contribution in [0.4, 0.5) is 5.69 Å². The van der Waals surface area contributed by atoms with E-state index in [4.69, 9.17) is 0 Å². The molecule has 0 saturated heterocycles. The summed E-state index contributed by atoms with van der Waals surface area (Å²) in [5.74, 6) is 0. The number of nitrogens with one attached hydrogen (secondary N) is 1. The number of para-hydroxylation sites is 1. The van der Waals surface area contributed by atoms with Crippen molar-refractivity contribution in [1.82, 2.24) is 4.98 Å². The van der Waals surface area contributed by atoms with E-state index in [0.29, 0.717) is 9.90 Å². The summed E-state index contributed by atoms with van der Waals surface area (Å²) in [4.78, 5) is 3.08. The predicted octanol–water partition coefficient (Wildman–Crippen LogP) is 3.05. The first-order valence-corrected chi connectivity index (χ1v) is 8.01. The summed E-state index contributed by atoms with van der Waals surface area (Å²) in [7, 11) is -1.91. The van der Waals surface area contributed by atoms with Gasteiger partial charge < -0.3 is 4.98 Å². The van der Waals surface area contributed by atoms with Gasteiger partial charge in [-0.25, -0.2) is 8.42 Å². The van der Waals surface area contributed by atoms with Crippen molar-refractivity contribution < 1.29 is 8.42 Å². The average Bonchev–Trinajstić information content (AvgIpc) is 3.07. The number of benzene rings is 1. The molecule has 0 unspecified atom stereocenters. The molecule has 0 radical (unpaired) electrons. The molecule has 98 valence electrons. The van der Waals surface area contributed by atoms with Gasteiger partial charge in [0.2, 0.25) is 0 Å². The predicted molar refractivity (Wildman–Crippen MR) is 78.2 cm³/mol. The lowest BCUT2D eigenvalue weighted by Crippen LogP contribution is -2.26. The monoisotopic (exact) mass is 292 g/mol. The summed E-state index contributed by atoms with van der Waals surface area (Å²) in [6.45, 7) is 0. The fourth-order valence-corrected chi connectivity index (χ4v) is 4.37. The van der Waals surface area contributed by atoms with Crippen molar-refractivity contribution in [3.63, 3.8) is 0 Å². The first-order valence-electron chi connectivity index (χ1n) is 5.69. The SMILES string of the molecule is CN(c1cccc2cc[nH]c12)S(=O)(=O)c1cccs1. The number of hydrogen-bond donors (Lipinski definition) is 1. The lowest BCUT2D eigenvalue weighted by molar-refractivity contribution is 0.596. The van der Waals surface area contributed by atoms with Crippen LogP contribution in [0.3, 0.4) is 0 Å². The van der Waals surface area contributed by atoms with Gasteiger partial charge in [-0.3, -0.25) is 4.31 Å². The Morgan fingerprint density at radius 2 is 2.00 bits per heavy atom. The maximum atomic E-state index is 12.5. The molecular weight excluding hydrogens is 280 g/mol. The minimum Gasteiger partial charge on any atom is -0.359 e. The number of aromatic nitrogens is 1. The molecule has 0 atom stereocenters. The Morgan fingerprint density at radius 3 is 2.74 bits per heavy atom. The topological polar surface area (TPSA) is 53.2 Å². The van der Waals surface area contributed by atoms with E-state index in [9.17, 15) is 8.42 Å². The minimum atomic E-state index is -3.49. The summed E-state index contributed by atoms with van der Waals surface area (Å²) in [6, 6.07) is 10.9. The third-order valence-corrected chi connectivity index (χ3v) is 6.16. The number of thiophene rings is 1. The smallest absolute Gasteiger partial charge is 0.273 e. The number of H-pyrrole nitrogens is 1. The number of rotatable bonds is 3. The van der Waals surface area contributed by atoms with Gasteiger partial charge in [0.05, 0.1) is 11.2 Å². The third-order valence-electron chi connectivity index (χ3n) is 3.01. The van der Waals surface area contributed by atoms with E-state index >= 15 is 0 Å². The van der Waals surface area contributed by atoms with Crippen LogP contribution in [-0.4, -0.2) is 20.4 Å². The molecule has 0 amide bonds. The van der Waals surface area contributed by atoms with Crippen LogP contribution in [0.5, 0.6) is 0 Å². The molecular formula is C13H12N2O2S2. The van der Waals surface area contributed by atoms with E-state index in [1.165, 1.54) is 15.6 Å². The minimum absolute atomic E-state index is 0.346. The second-order valence-electron chi connectivity index (χ2n) is 4.12. The van der Waals surface area contributed by atoms with Gasteiger partial charge in [-0.15, -0.1) is 11.3 Å². The lowest BCUT2D eigenvalue weighted by Gasteiger charge is -2.19. The van der Waals surface area contributed by atoms with Crippen molar-refractivity contribution in [2.75, 3.05) is 11.4 Å². The zero-order valence-corrected chi connectivity index (χ0v) is 11.8. The van der Waals surface area contributed by atoms with E-state index in [1.54, 1.807) is 36.8 Å². The van der Waals surface area contributed by atoms with Crippen molar-refractivity contribution >= 4 is 38.0 Å². The van der Waals surface area contributed by atoms with Gasteiger partial charge in [-0.05, 0) is 23.6 Å². The van der Waals surface area contributed by atoms with Crippen molar-refractivity contribution in [1.29, 1.82) is 0 Å². The van der Waals surface area contributed by atoms with Crippen molar-refractivity contribution in [3.8, 4) is 0 Å². The zero-order chi connectivity index (χ0) is 13.5. The summed E-state index contributed by atoms with van der Waals surface area (Å²) in [5.41, 5.74) is 1.47. The first-order chi connectivity index (χ1) is 9.10. The first kappa shape index (κ1) is 12.3. The second kappa shape index (κ2) is 4.40. The fraction of sp³-hybridized carbons (Fsp3) is 0.0769. The molecule has 0 saturated carbocycles. The molecule has 2 aromatic heterocycles. The van der Waals surface area contributed by atoms with Crippen LogP contribution in [-0.2, 0) is 10.0 Å². The number of hydrogen-bond acceptors (Lipinski definition) is 3. The van der Waals surface area contributed by atoms with Crippen LogP contribution < -0.4 is 4.31 Å². The number of aromatic amines is 1. The van der Waals surface area contributed by atoms with Gasteiger partial charge in [-0.2, -0.15) is 0 Å². The third kappa shape index (κ3) is 1.93. The Kier molecular flexibility index (Phi) is 2.83. The van der Waals surface area contributed by atoms with E-state index in [1.807, 2.05) is 18.2 Å². The highest BCUT2D eigenvalue weighted by molar-refractivity contribution is 7.94. The van der Waals surface area contributed by atoms with Crippen molar-refractivity contribution in [3.05, 3.63) is 48.0 Å². The van der Waals surface area contributed by atoms with Crippen LogP contribution in [0.15, 0.2) is 52.2 Å². The summed E-state index contributed by atoms with van der Waals surface area (Å²) < 4.78 is 26.6. The molecule has 0 fully saturated rings. The van der Waals surface area contributed by atoms with E-state index < -0.39 is 10.0 Å². The second-order valence-corrected chi connectivity index (χ2v) is 7.27. The molecule has 4 nitrogen and oxygen atoms in total. The van der Waals surface area contributed by atoms with Gasteiger partial charge in [-0.1, -0.05) is 18.2 Å². The quantitative estimate of drug-likeness (QED) is 0.806. The van der Waals surface area contributed by atoms with E-state index in [-0.39, 0.29) is 0 Å². The molecule has 6 heteroatoms. The highest BCUT2D eigenvalue weighted by Gasteiger charge is 2.23. The molecule has 19 heavy (non-hydrogen) atoms. The van der Waals surface area contributed by atoms with Crippen molar-refractivity contribution in [2.24, 2.45) is 0 Å². The largest absolute Gasteiger partial charge is 0.359 e. The summed E-state index contributed by atoms with van der Waals surface area (Å²) in [6.07, 6.45) is 1.81. The number of sulfonamides is 1. The molecule has 3 aromatic rings. The Morgan fingerprint density at radius 1 is 1.16 bits per heavy atom. The van der Waals surface area contributed by atoms with Gasteiger partial charge in [0.15, 0.2) is 0 Å². The van der Waals surface area contributed by atoms with Gasteiger partial charge in [0.25, 0.3) is 10.0 Å². The zero-order valence-electron chi connectivity index (χ0n) is 10.2. The Balaban J connectivity index is 2.15. The molecule has 3 rings (SSSR count). The molecule has 0 bridgehead atoms. The highest BCUT2D eigenvalue weighted by atomic mass is 32.2. The van der Waals surface area contributed by atoms with Crippen LogP contribution in [0.2, 0.25) is 0 Å². The van der Waals surface area contributed by atoms with Crippen LogP contribution in [0.25, 0.3) is 10.9 Å². The highest BCUT2D eigenvalue weighted by Crippen LogP contribution is 2.30. The summed E-state index contributed by atoms with van der Waals surface area (Å²) >= 11 is 1.22. The van der Waals surface area contributed by atoms with E-state index in [0.717, 1.165) is 10.9 Å². The molecule has 1 aromatic carbocycles. The molecule has 0 spiro atoms. The standard InChI is InChI=1S/C13H12N2O2S2/c1-15(19(16,17)12-6-3-9-18-12)11-5-2-4-10-7-8-14-13(10)11/h2-9,14H,1H3. The van der Waals surface area contributed by atoms with E-state index in [2.05, 4.69) is 4.98 Å². The summed E-state index contributed by atoms with van der Waals surface area (Å²) in [5, 5.41) is 2.75. The maximum Gasteiger partial charge on any atom is 0.273 e.